The van der Waals surface area contributed by atoms with Gasteiger partial charge in [-0.3, -0.25) is 4.79 Å². The minimum atomic E-state index is -0.980. The third kappa shape index (κ3) is 3.33. The van der Waals surface area contributed by atoms with Gasteiger partial charge in [-0.05, 0) is 44.0 Å². The quantitative estimate of drug-likeness (QED) is 0.930. The van der Waals surface area contributed by atoms with Gasteiger partial charge in [0.15, 0.2) is 5.60 Å². The molecule has 1 saturated heterocycles. The van der Waals surface area contributed by atoms with Gasteiger partial charge in [-0.1, -0.05) is 25.4 Å². The molecule has 116 valence electrons. The smallest absolute Gasteiger partial charge is 0.266 e. The Morgan fingerprint density at radius 1 is 1.33 bits per heavy atom. The van der Waals surface area contributed by atoms with Crippen LogP contribution in [0.3, 0.4) is 0 Å². The fourth-order valence-electron chi connectivity index (χ4n) is 2.35. The molecule has 2 rings (SSSR count). The van der Waals surface area contributed by atoms with Gasteiger partial charge in [0.1, 0.15) is 11.4 Å². The molecule has 0 radical (unpaired) electrons. The van der Waals surface area contributed by atoms with Crippen LogP contribution in [0.2, 0.25) is 5.02 Å². The van der Waals surface area contributed by atoms with E-state index in [9.17, 15) is 9.90 Å². The maximum Gasteiger partial charge on any atom is 0.266 e. The van der Waals surface area contributed by atoms with E-state index in [1.54, 1.807) is 43.0 Å². The Morgan fingerprint density at radius 3 is 2.33 bits per heavy atom. The van der Waals surface area contributed by atoms with Gasteiger partial charge in [-0.25, -0.2) is 0 Å². The summed E-state index contributed by atoms with van der Waals surface area (Å²) in [5.74, 6) is 0.599. The third-order valence-electron chi connectivity index (χ3n) is 3.99. The van der Waals surface area contributed by atoms with Crippen LogP contribution in [-0.2, 0) is 4.79 Å². The molecule has 0 saturated carbocycles. The van der Waals surface area contributed by atoms with Crippen LogP contribution in [0.15, 0.2) is 24.3 Å². The number of ether oxygens (including phenoxy) is 1. The van der Waals surface area contributed by atoms with Crippen LogP contribution in [0, 0.1) is 5.92 Å². The van der Waals surface area contributed by atoms with Crippen molar-refractivity contribution in [2.24, 2.45) is 5.92 Å². The number of aliphatic hydroxyl groups is 1. The van der Waals surface area contributed by atoms with E-state index in [0.717, 1.165) is 0 Å². The normalized spacial score (nSPS) is 17.6. The standard InChI is InChI=1S/C16H22ClNO3/c1-11(2)16(20)9-18(10-16)14(19)15(3,4)21-13-7-5-12(17)6-8-13/h5-8,11,20H,9-10H2,1-4H3. The first-order chi connectivity index (χ1) is 9.64. The first kappa shape index (κ1) is 16.1. The summed E-state index contributed by atoms with van der Waals surface area (Å²) in [5, 5.41) is 10.9. The first-order valence-electron chi connectivity index (χ1n) is 7.10. The van der Waals surface area contributed by atoms with Gasteiger partial charge in [0, 0.05) is 5.02 Å². The summed E-state index contributed by atoms with van der Waals surface area (Å²) in [6, 6.07) is 6.91. The zero-order valence-corrected chi connectivity index (χ0v) is 13.6. The number of benzene rings is 1. The summed E-state index contributed by atoms with van der Waals surface area (Å²) < 4.78 is 5.77. The van der Waals surface area contributed by atoms with Gasteiger partial charge in [0.25, 0.3) is 5.91 Å². The maximum absolute atomic E-state index is 12.5. The average Bonchev–Trinajstić information content (AvgIpc) is 2.36. The molecular weight excluding hydrogens is 290 g/mol. The van der Waals surface area contributed by atoms with Gasteiger partial charge in [0.05, 0.1) is 13.1 Å². The van der Waals surface area contributed by atoms with E-state index in [4.69, 9.17) is 16.3 Å². The topological polar surface area (TPSA) is 49.8 Å². The number of hydrogen-bond donors (Lipinski definition) is 1. The molecule has 1 aromatic rings. The van der Waals surface area contributed by atoms with Crippen molar-refractivity contribution in [3.05, 3.63) is 29.3 Å². The molecule has 0 atom stereocenters. The van der Waals surface area contributed by atoms with Crippen LogP contribution in [-0.4, -0.2) is 40.2 Å². The highest BCUT2D eigenvalue weighted by atomic mass is 35.5. The van der Waals surface area contributed by atoms with Gasteiger partial charge in [-0.15, -0.1) is 0 Å². The van der Waals surface area contributed by atoms with Crippen LogP contribution in [0.25, 0.3) is 0 Å². The molecule has 1 aromatic carbocycles. The lowest BCUT2D eigenvalue weighted by Gasteiger charge is -2.50. The highest BCUT2D eigenvalue weighted by molar-refractivity contribution is 6.30. The van der Waals surface area contributed by atoms with E-state index >= 15 is 0 Å². The summed E-state index contributed by atoms with van der Waals surface area (Å²) in [6.07, 6.45) is 0. The number of β-amino-alcohol motifs (C(OH)–C–C–N with tert-alkyl or cyclic N) is 1. The van der Waals surface area contributed by atoms with Gasteiger partial charge >= 0.3 is 0 Å². The number of likely N-dealkylation sites (tertiary alicyclic amines) is 1. The van der Waals surface area contributed by atoms with Crippen LogP contribution in [0.5, 0.6) is 5.75 Å². The predicted molar refractivity (Wildman–Crippen MR) is 82.5 cm³/mol. The molecule has 0 spiro atoms. The third-order valence-corrected chi connectivity index (χ3v) is 4.24. The lowest BCUT2D eigenvalue weighted by atomic mass is 9.82. The van der Waals surface area contributed by atoms with E-state index in [1.807, 2.05) is 13.8 Å². The molecule has 4 nitrogen and oxygen atoms in total. The molecule has 0 aromatic heterocycles. The van der Waals surface area contributed by atoms with Crippen LogP contribution in [0.1, 0.15) is 27.7 Å². The Hall–Kier alpha value is -1.26. The number of hydrogen-bond acceptors (Lipinski definition) is 3. The van der Waals surface area contributed by atoms with Crippen LogP contribution >= 0.6 is 11.6 Å². The Bertz CT molecular complexity index is 519. The molecule has 1 fully saturated rings. The van der Waals surface area contributed by atoms with E-state index in [1.165, 1.54) is 0 Å². The minimum Gasteiger partial charge on any atom is -0.478 e. The fraction of sp³-hybridized carbons (Fsp3) is 0.562. The summed E-state index contributed by atoms with van der Waals surface area (Å²) in [4.78, 5) is 14.1. The molecule has 1 aliphatic rings. The van der Waals surface area contributed by atoms with Gasteiger partial charge in [-0.2, -0.15) is 0 Å². The van der Waals surface area contributed by atoms with Gasteiger partial charge < -0.3 is 14.7 Å². The van der Waals surface area contributed by atoms with Crippen LogP contribution < -0.4 is 4.74 Å². The fourth-order valence-corrected chi connectivity index (χ4v) is 2.47. The van der Waals surface area contributed by atoms with Crippen molar-refractivity contribution in [1.29, 1.82) is 0 Å². The highest BCUT2D eigenvalue weighted by Crippen LogP contribution is 2.31. The molecule has 0 unspecified atom stereocenters. The lowest BCUT2D eigenvalue weighted by molar-refractivity contribution is -0.176. The molecule has 1 amide bonds. The molecule has 0 aliphatic carbocycles. The van der Waals surface area contributed by atoms with E-state index in [0.29, 0.717) is 23.9 Å². The predicted octanol–water partition coefficient (Wildman–Crippen LogP) is 2.73. The Kier molecular flexibility index (Phi) is 4.22. The molecule has 1 heterocycles. The molecule has 21 heavy (non-hydrogen) atoms. The van der Waals surface area contributed by atoms with Crippen molar-refractivity contribution in [2.75, 3.05) is 13.1 Å². The van der Waals surface area contributed by atoms with Gasteiger partial charge in [0.2, 0.25) is 0 Å². The van der Waals surface area contributed by atoms with Crippen LogP contribution in [0.4, 0.5) is 0 Å². The van der Waals surface area contributed by atoms with Crippen molar-refractivity contribution < 1.29 is 14.6 Å². The Labute approximate surface area is 130 Å². The van der Waals surface area contributed by atoms with Crippen molar-refractivity contribution >= 4 is 17.5 Å². The SMILES string of the molecule is CC(C)C1(O)CN(C(=O)C(C)(C)Oc2ccc(Cl)cc2)C1. The van der Waals surface area contributed by atoms with E-state index in [-0.39, 0.29) is 11.8 Å². The molecule has 1 aliphatic heterocycles. The first-order valence-corrected chi connectivity index (χ1v) is 7.48. The summed E-state index contributed by atoms with van der Waals surface area (Å²) >= 11 is 5.83. The zero-order valence-electron chi connectivity index (χ0n) is 12.9. The number of carbonyl (C=O) groups excluding carboxylic acids is 1. The second-order valence-electron chi connectivity index (χ2n) is 6.49. The van der Waals surface area contributed by atoms with E-state index in [2.05, 4.69) is 0 Å². The average molecular weight is 312 g/mol. The molecule has 5 heteroatoms. The minimum absolute atomic E-state index is 0.122. The van der Waals surface area contributed by atoms with Crippen molar-refractivity contribution in [2.45, 2.75) is 38.9 Å². The monoisotopic (exact) mass is 311 g/mol. The Balaban J connectivity index is 2.00. The van der Waals surface area contributed by atoms with E-state index < -0.39 is 11.2 Å². The number of carbonyl (C=O) groups is 1. The largest absolute Gasteiger partial charge is 0.478 e. The highest BCUT2D eigenvalue weighted by Gasteiger charge is 2.49. The van der Waals surface area contributed by atoms with Crippen molar-refractivity contribution in [3.8, 4) is 5.75 Å². The number of halogens is 1. The summed E-state index contributed by atoms with van der Waals surface area (Å²) in [7, 11) is 0. The number of rotatable bonds is 4. The lowest BCUT2D eigenvalue weighted by Crippen LogP contribution is -2.69. The van der Waals surface area contributed by atoms with Crippen molar-refractivity contribution in [1.82, 2.24) is 4.90 Å². The zero-order chi connectivity index (χ0) is 15.8. The second-order valence-corrected chi connectivity index (χ2v) is 6.92. The summed E-state index contributed by atoms with van der Waals surface area (Å²) in [5.41, 5.74) is -1.75. The Morgan fingerprint density at radius 2 is 1.86 bits per heavy atom. The molecule has 1 N–H and O–H groups in total. The summed E-state index contributed by atoms with van der Waals surface area (Å²) in [6.45, 7) is 8.09. The van der Waals surface area contributed by atoms with Crippen molar-refractivity contribution in [3.63, 3.8) is 0 Å². The molecular formula is C16H22ClNO3. The maximum atomic E-state index is 12.5. The number of amides is 1. The number of nitrogens with zero attached hydrogens (tertiary/aromatic N) is 1. The molecule has 0 bridgehead atoms. The second kappa shape index (κ2) is 5.50.